The van der Waals surface area contributed by atoms with E-state index in [-0.39, 0.29) is 23.0 Å². The first-order valence-corrected chi connectivity index (χ1v) is 12.0. The van der Waals surface area contributed by atoms with Crippen molar-refractivity contribution < 1.29 is 30.0 Å². The van der Waals surface area contributed by atoms with Gasteiger partial charge in [-0.15, -0.1) is 0 Å². The molecule has 0 aliphatic rings. The van der Waals surface area contributed by atoms with E-state index in [1.807, 2.05) is 0 Å². The Bertz CT molecular complexity index is 943. The van der Waals surface area contributed by atoms with Gasteiger partial charge in [0.25, 0.3) is 0 Å². The fourth-order valence-corrected chi connectivity index (χ4v) is 4.95. The molecule has 0 spiro atoms. The molecule has 0 fully saturated rings. The number of phenolic OH excluding ortho intramolecular Hbond substituents is 2. The van der Waals surface area contributed by atoms with Gasteiger partial charge in [-0.3, -0.25) is 9.98 Å². The lowest BCUT2D eigenvalue weighted by molar-refractivity contribution is -0.138. The van der Waals surface area contributed by atoms with E-state index in [1.54, 1.807) is 50.2 Å². The Labute approximate surface area is 193 Å². The second-order valence-corrected chi connectivity index (χ2v) is 9.29. The van der Waals surface area contributed by atoms with Crippen LogP contribution in [0.5, 0.6) is 11.5 Å². The number of nitrogens with zero attached hydrogens (tertiary/aromatic N) is 2. The Morgan fingerprint density at radius 2 is 1.09 bits per heavy atom. The van der Waals surface area contributed by atoms with Gasteiger partial charge in [0.15, 0.2) is 12.1 Å². The number of phenols is 2. The Morgan fingerprint density at radius 1 is 0.750 bits per heavy atom. The quantitative estimate of drug-likeness (QED) is 0.219. The zero-order chi connectivity index (χ0) is 23.7. The number of hydrogen-bond acceptors (Lipinski definition) is 8. The fraction of sp³-hybridized carbons (Fsp3) is 0.273. The number of rotatable bonds is 11. The molecule has 0 aromatic heterocycles. The van der Waals surface area contributed by atoms with E-state index < -0.39 is 24.0 Å². The van der Waals surface area contributed by atoms with Crippen molar-refractivity contribution in [2.45, 2.75) is 25.9 Å². The molecular weight excluding hydrogens is 452 g/mol. The van der Waals surface area contributed by atoms with Crippen LogP contribution in [0.3, 0.4) is 0 Å². The average molecular weight is 477 g/mol. The average Bonchev–Trinajstić information content (AvgIpc) is 2.74. The number of benzene rings is 2. The van der Waals surface area contributed by atoms with Gasteiger partial charge in [-0.05, 0) is 38.1 Å². The molecule has 0 saturated carbocycles. The number of aliphatic imine (C=N–C) groups is 2. The Kier molecular flexibility index (Phi) is 9.61. The first kappa shape index (κ1) is 25.3. The number of para-hydroxylation sites is 2. The third-order valence-electron chi connectivity index (χ3n) is 4.39. The number of carboxylic acid groups (broad SMARTS) is 2. The highest BCUT2D eigenvalue weighted by atomic mass is 33.1. The molecule has 32 heavy (non-hydrogen) atoms. The van der Waals surface area contributed by atoms with Gasteiger partial charge in [0.05, 0.1) is 0 Å². The molecule has 0 aliphatic heterocycles. The third kappa shape index (κ3) is 7.31. The van der Waals surface area contributed by atoms with Crippen molar-refractivity contribution in [1.29, 1.82) is 0 Å². The Hall–Kier alpha value is -2.98. The molecule has 2 aromatic carbocycles. The van der Waals surface area contributed by atoms with Crippen molar-refractivity contribution in [2.24, 2.45) is 9.98 Å². The summed E-state index contributed by atoms with van der Waals surface area (Å²) in [4.78, 5) is 31.6. The van der Waals surface area contributed by atoms with Crippen LogP contribution in [-0.2, 0) is 9.59 Å². The molecule has 170 valence electrons. The van der Waals surface area contributed by atoms with E-state index in [1.165, 1.54) is 33.7 Å². The minimum absolute atomic E-state index is 0.0156. The second-order valence-electron chi connectivity index (χ2n) is 6.74. The molecule has 0 saturated heterocycles. The monoisotopic (exact) mass is 476 g/mol. The molecule has 0 bridgehead atoms. The van der Waals surface area contributed by atoms with Crippen molar-refractivity contribution in [3.63, 3.8) is 0 Å². The van der Waals surface area contributed by atoms with Gasteiger partial charge >= 0.3 is 11.9 Å². The minimum Gasteiger partial charge on any atom is -0.507 e. The largest absolute Gasteiger partial charge is 0.507 e. The summed E-state index contributed by atoms with van der Waals surface area (Å²) in [5, 5.41) is 38.8. The number of carboxylic acids is 2. The highest BCUT2D eigenvalue weighted by Gasteiger charge is 2.21. The van der Waals surface area contributed by atoms with Gasteiger partial charge in [0.2, 0.25) is 0 Å². The van der Waals surface area contributed by atoms with Crippen molar-refractivity contribution in [3.05, 3.63) is 59.7 Å². The molecule has 0 aliphatic carbocycles. The lowest BCUT2D eigenvalue weighted by atomic mass is 10.1. The zero-order valence-corrected chi connectivity index (χ0v) is 19.1. The van der Waals surface area contributed by atoms with Crippen LogP contribution in [0.1, 0.15) is 25.0 Å². The first-order chi connectivity index (χ1) is 15.2. The lowest BCUT2D eigenvalue weighted by Gasteiger charge is -2.12. The van der Waals surface area contributed by atoms with E-state index >= 15 is 0 Å². The molecule has 2 unspecified atom stereocenters. The van der Waals surface area contributed by atoms with E-state index in [2.05, 4.69) is 9.98 Å². The van der Waals surface area contributed by atoms with Crippen molar-refractivity contribution in [2.75, 3.05) is 11.5 Å². The molecule has 8 nitrogen and oxygen atoms in total. The minimum atomic E-state index is -1.11. The third-order valence-corrected chi connectivity index (χ3v) is 6.78. The van der Waals surface area contributed by atoms with Crippen LogP contribution in [-0.4, -0.2) is 67.4 Å². The van der Waals surface area contributed by atoms with E-state index in [4.69, 9.17) is 0 Å². The predicted molar refractivity (Wildman–Crippen MR) is 128 cm³/mol. The van der Waals surface area contributed by atoms with Crippen molar-refractivity contribution >= 4 is 44.9 Å². The van der Waals surface area contributed by atoms with Gasteiger partial charge in [-0.1, -0.05) is 45.9 Å². The molecule has 2 atom stereocenters. The van der Waals surface area contributed by atoms with Gasteiger partial charge in [-0.25, -0.2) is 9.59 Å². The highest BCUT2D eigenvalue weighted by molar-refractivity contribution is 8.76. The molecule has 4 N–H and O–H groups in total. The van der Waals surface area contributed by atoms with Crippen molar-refractivity contribution in [3.8, 4) is 11.5 Å². The van der Waals surface area contributed by atoms with Crippen LogP contribution < -0.4 is 0 Å². The van der Waals surface area contributed by atoms with Crippen LogP contribution >= 0.6 is 21.6 Å². The summed E-state index contributed by atoms with van der Waals surface area (Å²) in [5.41, 5.74) is 1.70. The summed E-state index contributed by atoms with van der Waals surface area (Å²) in [7, 11) is 2.37. The van der Waals surface area contributed by atoms with Gasteiger partial charge < -0.3 is 20.4 Å². The summed E-state index contributed by atoms with van der Waals surface area (Å²) in [6.07, 6.45) is 0. The van der Waals surface area contributed by atoms with E-state index in [0.29, 0.717) is 22.6 Å². The highest BCUT2D eigenvalue weighted by Crippen LogP contribution is 2.26. The lowest BCUT2D eigenvalue weighted by Crippen LogP contribution is -2.23. The number of hydrogen-bond donors (Lipinski definition) is 4. The predicted octanol–water partition coefficient (Wildman–Crippen LogP) is 3.70. The summed E-state index contributed by atoms with van der Waals surface area (Å²) < 4.78 is 0. The van der Waals surface area contributed by atoms with Crippen LogP contribution in [0.2, 0.25) is 0 Å². The Morgan fingerprint density at radius 3 is 1.41 bits per heavy atom. The molecule has 0 heterocycles. The Balaban J connectivity index is 2.00. The summed E-state index contributed by atoms with van der Waals surface area (Å²) in [6, 6.07) is 11.0. The van der Waals surface area contributed by atoms with Crippen LogP contribution in [0.4, 0.5) is 0 Å². The molecule has 0 amide bonds. The maximum Gasteiger partial charge on any atom is 0.329 e. The fourth-order valence-electron chi connectivity index (χ4n) is 2.72. The van der Waals surface area contributed by atoms with Gasteiger partial charge in [0, 0.05) is 34.1 Å². The topological polar surface area (TPSA) is 140 Å². The van der Waals surface area contributed by atoms with Crippen LogP contribution in [0.25, 0.3) is 0 Å². The zero-order valence-electron chi connectivity index (χ0n) is 17.5. The van der Waals surface area contributed by atoms with Gasteiger partial charge in [0.1, 0.15) is 11.5 Å². The smallest absolute Gasteiger partial charge is 0.329 e. The summed E-state index contributed by atoms with van der Waals surface area (Å²) in [6.45, 7) is 3.25. The molecule has 10 heteroatoms. The number of aromatic hydroxyl groups is 2. The van der Waals surface area contributed by atoms with E-state index in [9.17, 15) is 30.0 Å². The maximum absolute atomic E-state index is 11.6. The van der Waals surface area contributed by atoms with E-state index in [0.717, 1.165) is 0 Å². The molecular formula is C22H24N2O6S2. The number of aliphatic carboxylic acids is 2. The molecule has 2 aromatic rings. The standard InChI is InChI=1S/C22H24N2O6S2/c1-13(15-7-3-5-9-19(15)25)23-17(21(27)28)11-31-32-12-18(22(29)30)24-14(2)16-8-4-6-10-20(16)26/h3-10,17-18,25-26H,11-12H2,1-2H3,(H,27,28)(H,29,30)/b23-13+,24-14+. The van der Waals surface area contributed by atoms with Crippen molar-refractivity contribution in [1.82, 2.24) is 0 Å². The molecule has 0 radical (unpaired) electrons. The molecule has 2 rings (SSSR count). The summed E-state index contributed by atoms with van der Waals surface area (Å²) >= 11 is 0. The maximum atomic E-state index is 11.6. The van der Waals surface area contributed by atoms with Crippen LogP contribution in [0.15, 0.2) is 58.5 Å². The normalized spacial score (nSPS) is 14.1. The SMILES string of the molecule is C/C(=N\C(CSSCC(/N=C(\C)c1ccccc1O)C(=O)O)C(=O)O)c1ccccc1O. The number of carbonyl (C=O) groups is 2. The van der Waals surface area contributed by atoms with Gasteiger partial charge in [-0.2, -0.15) is 0 Å². The van der Waals surface area contributed by atoms with Crippen LogP contribution in [0, 0.1) is 0 Å². The first-order valence-electron chi connectivity index (χ1n) is 9.56. The summed E-state index contributed by atoms with van der Waals surface area (Å²) in [5.74, 6) is -1.98. The second kappa shape index (κ2) is 12.2.